The van der Waals surface area contributed by atoms with Crippen LogP contribution in [-0.2, 0) is 14.7 Å². The first-order valence-electron chi connectivity index (χ1n) is 2.34. The second-order valence-electron chi connectivity index (χ2n) is 1.25. The lowest BCUT2D eigenvalue weighted by Crippen LogP contribution is -2.02. The molecule has 0 amide bonds. The molecule has 0 heterocycles. The minimum Gasteiger partial charge on any atom is -0.243 e. The molecule has 0 saturated carbocycles. The van der Waals surface area contributed by atoms with E-state index < -0.39 is 10.5 Å². The smallest absolute Gasteiger partial charge is 0.243 e. The molecule has 10 heavy (non-hydrogen) atoms. The standard InChI is InChI=1S/C4H6FNO3S/c1-2-6-3-4-9-10(5,7)8/h1,3-4H2. The van der Waals surface area contributed by atoms with Gasteiger partial charge in [0.25, 0.3) is 0 Å². The third-order valence-corrected chi connectivity index (χ3v) is 0.987. The molecule has 0 atom stereocenters. The Kier molecular flexibility index (Phi) is 3.87. The molecular formula is C4H6FNO3S. The van der Waals surface area contributed by atoms with Crippen LogP contribution in [-0.4, -0.2) is 27.4 Å². The number of rotatable bonds is 4. The molecule has 0 spiro atoms. The Morgan fingerprint density at radius 2 is 2.30 bits per heavy atom. The van der Waals surface area contributed by atoms with Crippen LogP contribution in [0.25, 0.3) is 0 Å². The van der Waals surface area contributed by atoms with Gasteiger partial charge in [0, 0.05) is 0 Å². The maximum Gasteiger partial charge on any atom is 0.437 e. The quantitative estimate of drug-likeness (QED) is 0.338. The van der Waals surface area contributed by atoms with Crippen LogP contribution in [0.3, 0.4) is 0 Å². The molecule has 0 aliphatic heterocycles. The monoisotopic (exact) mass is 167 g/mol. The van der Waals surface area contributed by atoms with Gasteiger partial charge in [-0.2, -0.15) is 8.42 Å². The fraction of sp³-hybridized carbons (Fsp3) is 0.500. The van der Waals surface area contributed by atoms with E-state index in [4.69, 9.17) is 0 Å². The van der Waals surface area contributed by atoms with Crippen LogP contribution in [0.15, 0.2) is 11.6 Å². The highest BCUT2D eigenvalue weighted by Crippen LogP contribution is 1.91. The molecule has 0 N–H and O–H groups in total. The zero-order valence-corrected chi connectivity index (χ0v) is 5.90. The maximum absolute atomic E-state index is 11.5. The van der Waals surface area contributed by atoms with Crippen molar-refractivity contribution in [3.63, 3.8) is 0 Å². The first-order valence-corrected chi connectivity index (χ1v) is 3.64. The average molecular weight is 167 g/mol. The van der Waals surface area contributed by atoms with Crippen molar-refractivity contribution >= 4 is 16.4 Å². The summed E-state index contributed by atoms with van der Waals surface area (Å²) in [6.45, 7) is 2.82. The number of aliphatic imine (C=N–C) groups is 1. The minimum absolute atomic E-state index is 0.0344. The van der Waals surface area contributed by atoms with Crippen LogP contribution >= 0.6 is 0 Å². The van der Waals surface area contributed by atoms with Crippen LogP contribution < -0.4 is 0 Å². The SMILES string of the molecule is C=C=NCCOS(=O)(=O)F. The number of nitrogens with zero attached hydrogens (tertiary/aromatic N) is 1. The van der Waals surface area contributed by atoms with Gasteiger partial charge in [-0.3, -0.25) is 0 Å². The second kappa shape index (κ2) is 4.16. The fourth-order valence-corrected chi connectivity index (χ4v) is 0.535. The van der Waals surface area contributed by atoms with Crippen molar-refractivity contribution in [3.8, 4) is 0 Å². The van der Waals surface area contributed by atoms with E-state index in [2.05, 4.69) is 21.6 Å². The molecule has 0 radical (unpaired) electrons. The van der Waals surface area contributed by atoms with Crippen LogP contribution in [0.1, 0.15) is 0 Å². The van der Waals surface area contributed by atoms with Crippen LogP contribution in [0.5, 0.6) is 0 Å². The van der Waals surface area contributed by atoms with Gasteiger partial charge in [-0.25, -0.2) is 9.18 Å². The molecule has 58 valence electrons. The van der Waals surface area contributed by atoms with Gasteiger partial charge in [-0.05, 0) is 12.4 Å². The fourth-order valence-electron chi connectivity index (χ4n) is 0.262. The maximum atomic E-state index is 11.5. The predicted molar refractivity (Wildman–Crippen MR) is 33.9 cm³/mol. The molecule has 0 aliphatic rings. The molecule has 4 nitrogen and oxygen atoms in total. The van der Waals surface area contributed by atoms with Crippen molar-refractivity contribution < 1.29 is 16.5 Å². The lowest BCUT2D eigenvalue weighted by molar-refractivity contribution is 0.303. The van der Waals surface area contributed by atoms with E-state index in [1.54, 1.807) is 0 Å². The van der Waals surface area contributed by atoms with E-state index >= 15 is 0 Å². The molecule has 0 aromatic rings. The summed E-state index contributed by atoms with van der Waals surface area (Å²) in [6.07, 6.45) is 0. The Labute approximate surface area is 58.4 Å². The predicted octanol–water partition coefficient (Wildman–Crippen LogP) is 0.0730. The second-order valence-corrected chi connectivity index (χ2v) is 2.28. The van der Waals surface area contributed by atoms with Gasteiger partial charge in [0.15, 0.2) is 0 Å². The Bertz CT molecular complexity index is 229. The van der Waals surface area contributed by atoms with E-state index in [0.29, 0.717) is 0 Å². The Morgan fingerprint density at radius 3 is 2.70 bits per heavy atom. The lowest BCUT2D eigenvalue weighted by atomic mass is 10.7. The first-order chi connectivity index (χ1) is 4.56. The zero-order chi connectivity index (χ0) is 8.04. The van der Waals surface area contributed by atoms with Crippen molar-refractivity contribution in [2.45, 2.75) is 0 Å². The van der Waals surface area contributed by atoms with Gasteiger partial charge < -0.3 is 0 Å². The highest BCUT2D eigenvalue weighted by molar-refractivity contribution is 7.81. The number of halogens is 1. The molecule has 0 saturated heterocycles. The van der Waals surface area contributed by atoms with Crippen molar-refractivity contribution in [1.29, 1.82) is 0 Å². The van der Waals surface area contributed by atoms with Crippen molar-refractivity contribution in [3.05, 3.63) is 6.58 Å². The summed E-state index contributed by atoms with van der Waals surface area (Å²) in [7, 11) is -4.81. The molecule has 0 aromatic carbocycles. The van der Waals surface area contributed by atoms with E-state index in [-0.39, 0.29) is 13.2 Å². The average Bonchev–Trinajstić information content (AvgIpc) is 1.78. The molecule has 0 rings (SSSR count). The summed E-state index contributed by atoms with van der Waals surface area (Å²) in [5.41, 5.74) is 0. The van der Waals surface area contributed by atoms with E-state index in [9.17, 15) is 12.3 Å². The molecule has 0 aromatic heterocycles. The number of hydrogen-bond acceptors (Lipinski definition) is 4. The van der Waals surface area contributed by atoms with Gasteiger partial charge in [-0.1, -0.05) is 3.89 Å². The molecule has 0 unspecified atom stereocenters. The molecular weight excluding hydrogens is 161 g/mol. The third-order valence-electron chi connectivity index (χ3n) is 0.539. The van der Waals surface area contributed by atoms with Crippen molar-refractivity contribution in [1.82, 2.24) is 0 Å². The van der Waals surface area contributed by atoms with Gasteiger partial charge >= 0.3 is 10.5 Å². The summed E-state index contributed by atoms with van der Waals surface area (Å²) < 4.78 is 34.4. The Morgan fingerprint density at radius 1 is 1.70 bits per heavy atom. The first kappa shape index (κ1) is 9.29. The topological polar surface area (TPSA) is 55.7 Å². The van der Waals surface area contributed by atoms with Gasteiger partial charge in [0.1, 0.15) is 0 Å². The van der Waals surface area contributed by atoms with Crippen molar-refractivity contribution in [2.24, 2.45) is 4.99 Å². The zero-order valence-electron chi connectivity index (χ0n) is 5.08. The van der Waals surface area contributed by atoms with Crippen LogP contribution in [0.4, 0.5) is 3.89 Å². The summed E-state index contributed by atoms with van der Waals surface area (Å²) in [4.78, 5) is 3.36. The largest absolute Gasteiger partial charge is 0.437 e. The van der Waals surface area contributed by atoms with E-state index in [1.165, 1.54) is 0 Å². The van der Waals surface area contributed by atoms with Crippen molar-refractivity contribution in [2.75, 3.05) is 13.2 Å². The summed E-state index contributed by atoms with van der Waals surface area (Å²) in [6, 6.07) is 0. The lowest BCUT2D eigenvalue weighted by Gasteiger charge is -1.90. The normalized spacial score (nSPS) is 10.5. The highest BCUT2D eigenvalue weighted by atomic mass is 32.3. The van der Waals surface area contributed by atoms with Crippen LogP contribution in [0, 0.1) is 0 Å². The molecule has 0 fully saturated rings. The number of hydrogen-bond donors (Lipinski definition) is 0. The molecule has 0 bridgehead atoms. The minimum atomic E-state index is -4.81. The van der Waals surface area contributed by atoms with E-state index in [0.717, 1.165) is 0 Å². The summed E-state index contributed by atoms with van der Waals surface area (Å²) in [5.74, 6) is 2.13. The summed E-state index contributed by atoms with van der Waals surface area (Å²) in [5, 5.41) is 0. The Hall–Kier alpha value is -0.710. The van der Waals surface area contributed by atoms with Gasteiger partial charge in [0.2, 0.25) is 0 Å². The molecule has 6 heteroatoms. The van der Waals surface area contributed by atoms with Crippen LogP contribution in [0.2, 0.25) is 0 Å². The highest BCUT2D eigenvalue weighted by Gasteiger charge is 2.04. The molecule has 0 aliphatic carbocycles. The summed E-state index contributed by atoms with van der Waals surface area (Å²) >= 11 is 0. The van der Waals surface area contributed by atoms with Gasteiger partial charge in [0.05, 0.1) is 13.2 Å². The third kappa shape index (κ3) is 7.29. The Balaban J connectivity index is 3.48. The van der Waals surface area contributed by atoms with Gasteiger partial charge in [-0.15, -0.1) is 0 Å². The van der Waals surface area contributed by atoms with E-state index in [1.807, 2.05) is 0 Å².